The summed E-state index contributed by atoms with van der Waals surface area (Å²) < 4.78 is 23.2. The molecular formula is C14H21NO3S. The summed E-state index contributed by atoms with van der Waals surface area (Å²) >= 11 is 0. The van der Waals surface area contributed by atoms with E-state index in [9.17, 15) is 13.2 Å². The summed E-state index contributed by atoms with van der Waals surface area (Å²) in [6, 6.07) is 6.31. The minimum absolute atomic E-state index is 0.0282. The van der Waals surface area contributed by atoms with E-state index in [-0.39, 0.29) is 11.7 Å². The van der Waals surface area contributed by atoms with Gasteiger partial charge < -0.3 is 5.32 Å². The molecule has 1 N–H and O–H groups in total. The number of benzene rings is 1. The van der Waals surface area contributed by atoms with Crippen molar-refractivity contribution in [3.8, 4) is 0 Å². The van der Waals surface area contributed by atoms with Gasteiger partial charge in [0.05, 0.1) is 10.6 Å². The molecule has 0 aromatic heterocycles. The topological polar surface area (TPSA) is 63.2 Å². The molecule has 19 heavy (non-hydrogen) atoms. The standard InChI is InChI=1S/C14H21NO3S/c1-3-5-6-7-14(16)15-12-8-10-13(11-9-12)19(17,18)4-2/h8-11H,3-7H2,1-2H3,(H,15,16). The maximum Gasteiger partial charge on any atom is 0.224 e. The third-order valence-corrected chi connectivity index (χ3v) is 4.64. The van der Waals surface area contributed by atoms with Gasteiger partial charge in [0.1, 0.15) is 0 Å². The Morgan fingerprint density at radius 1 is 1.11 bits per heavy atom. The van der Waals surface area contributed by atoms with Gasteiger partial charge in [-0.1, -0.05) is 26.7 Å². The van der Waals surface area contributed by atoms with Gasteiger partial charge in [-0.3, -0.25) is 4.79 Å². The second kappa shape index (κ2) is 7.28. The Morgan fingerprint density at radius 2 is 1.74 bits per heavy atom. The predicted octanol–water partition coefficient (Wildman–Crippen LogP) is 3.00. The number of amides is 1. The van der Waals surface area contributed by atoms with Crippen molar-refractivity contribution in [3.63, 3.8) is 0 Å². The number of carbonyl (C=O) groups excluding carboxylic acids is 1. The molecule has 1 amide bonds. The zero-order valence-corrected chi connectivity index (χ0v) is 12.3. The molecule has 0 saturated carbocycles. The van der Waals surface area contributed by atoms with E-state index in [4.69, 9.17) is 0 Å². The van der Waals surface area contributed by atoms with E-state index in [2.05, 4.69) is 12.2 Å². The summed E-state index contributed by atoms with van der Waals surface area (Å²) in [7, 11) is -3.17. The summed E-state index contributed by atoms with van der Waals surface area (Å²) in [6.45, 7) is 3.70. The number of hydrogen-bond acceptors (Lipinski definition) is 3. The van der Waals surface area contributed by atoms with E-state index in [1.807, 2.05) is 0 Å². The molecule has 0 heterocycles. The molecule has 0 saturated heterocycles. The summed E-state index contributed by atoms with van der Waals surface area (Å²) in [5.41, 5.74) is 0.636. The first-order valence-electron chi connectivity index (χ1n) is 6.62. The number of sulfone groups is 1. The molecule has 1 aromatic carbocycles. The SMILES string of the molecule is CCCCCC(=O)Nc1ccc(S(=O)(=O)CC)cc1. The van der Waals surface area contributed by atoms with Gasteiger partial charge in [0, 0.05) is 12.1 Å². The average molecular weight is 283 g/mol. The molecule has 0 atom stereocenters. The molecule has 106 valence electrons. The van der Waals surface area contributed by atoms with Crippen LogP contribution < -0.4 is 5.32 Å². The summed E-state index contributed by atoms with van der Waals surface area (Å²) in [4.78, 5) is 11.9. The van der Waals surface area contributed by atoms with Crippen LogP contribution in [0.3, 0.4) is 0 Å². The van der Waals surface area contributed by atoms with Crippen LogP contribution in [0.5, 0.6) is 0 Å². The largest absolute Gasteiger partial charge is 0.326 e. The maximum absolute atomic E-state index is 11.6. The van der Waals surface area contributed by atoms with Crippen LogP contribution >= 0.6 is 0 Å². The fourth-order valence-electron chi connectivity index (χ4n) is 1.67. The van der Waals surface area contributed by atoms with Crippen LogP contribution in [-0.4, -0.2) is 20.1 Å². The number of carbonyl (C=O) groups is 1. The Hall–Kier alpha value is -1.36. The van der Waals surface area contributed by atoms with Crippen LogP contribution in [0.15, 0.2) is 29.2 Å². The Labute approximate surface area is 115 Å². The Kier molecular flexibility index (Phi) is 6.02. The minimum atomic E-state index is -3.17. The van der Waals surface area contributed by atoms with Gasteiger partial charge in [0.2, 0.25) is 5.91 Å². The van der Waals surface area contributed by atoms with E-state index in [1.165, 1.54) is 12.1 Å². The molecule has 5 heteroatoms. The van der Waals surface area contributed by atoms with Crippen molar-refractivity contribution < 1.29 is 13.2 Å². The van der Waals surface area contributed by atoms with Gasteiger partial charge in [0.25, 0.3) is 0 Å². The quantitative estimate of drug-likeness (QED) is 0.782. The van der Waals surface area contributed by atoms with Crippen LogP contribution in [0.1, 0.15) is 39.5 Å². The molecule has 1 rings (SSSR count). The van der Waals surface area contributed by atoms with E-state index in [1.54, 1.807) is 19.1 Å². The Balaban J connectivity index is 2.60. The highest BCUT2D eigenvalue weighted by molar-refractivity contribution is 7.91. The Bertz CT molecular complexity index is 506. The molecule has 0 bridgehead atoms. The fraction of sp³-hybridized carbons (Fsp3) is 0.500. The molecule has 0 spiro atoms. The van der Waals surface area contributed by atoms with Crippen molar-refractivity contribution in [1.29, 1.82) is 0 Å². The van der Waals surface area contributed by atoms with Gasteiger partial charge in [-0.2, -0.15) is 0 Å². The van der Waals surface area contributed by atoms with E-state index < -0.39 is 9.84 Å². The van der Waals surface area contributed by atoms with Crippen molar-refractivity contribution in [1.82, 2.24) is 0 Å². The normalized spacial score (nSPS) is 11.3. The average Bonchev–Trinajstić information content (AvgIpc) is 2.39. The lowest BCUT2D eigenvalue weighted by Gasteiger charge is -2.06. The van der Waals surface area contributed by atoms with Crippen molar-refractivity contribution in [2.45, 2.75) is 44.4 Å². The lowest BCUT2D eigenvalue weighted by Crippen LogP contribution is -2.11. The minimum Gasteiger partial charge on any atom is -0.326 e. The third-order valence-electron chi connectivity index (χ3n) is 2.88. The van der Waals surface area contributed by atoms with Gasteiger partial charge in [-0.15, -0.1) is 0 Å². The molecule has 0 aliphatic heterocycles. The summed E-state index contributed by atoms with van der Waals surface area (Å²) in [5, 5.41) is 2.76. The van der Waals surface area contributed by atoms with E-state index in [0.717, 1.165) is 19.3 Å². The van der Waals surface area contributed by atoms with E-state index in [0.29, 0.717) is 17.0 Å². The molecule has 4 nitrogen and oxygen atoms in total. The van der Waals surface area contributed by atoms with Crippen LogP contribution in [0.25, 0.3) is 0 Å². The van der Waals surface area contributed by atoms with Gasteiger partial charge in [0.15, 0.2) is 9.84 Å². The number of nitrogens with one attached hydrogen (secondary N) is 1. The highest BCUT2D eigenvalue weighted by Crippen LogP contribution is 2.15. The van der Waals surface area contributed by atoms with Crippen LogP contribution in [0, 0.1) is 0 Å². The first kappa shape index (κ1) is 15.7. The molecule has 1 aromatic rings. The Morgan fingerprint density at radius 3 is 2.26 bits per heavy atom. The van der Waals surface area contributed by atoms with Crippen molar-refractivity contribution in [3.05, 3.63) is 24.3 Å². The van der Waals surface area contributed by atoms with Crippen LogP contribution in [0.4, 0.5) is 5.69 Å². The van der Waals surface area contributed by atoms with Gasteiger partial charge in [-0.25, -0.2) is 8.42 Å². The zero-order valence-electron chi connectivity index (χ0n) is 11.5. The molecule has 0 aliphatic carbocycles. The van der Waals surface area contributed by atoms with Crippen molar-refractivity contribution in [2.24, 2.45) is 0 Å². The van der Waals surface area contributed by atoms with Crippen molar-refractivity contribution >= 4 is 21.4 Å². The van der Waals surface area contributed by atoms with Crippen LogP contribution in [0.2, 0.25) is 0 Å². The number of rotatable bonds is 7. The van der Waals surface area contributed by atoms with Crippen molar-refractivity contribution in [2.75, 3.05) is 11.1 Å². The fourth-order valence-corrected chi connectivity index (χ4v) is 2.56. The van der Waals surface area contributed by atoms with Gasteiger partial charge >= 0.3 is 0 Å². The zero-order chi connectivity index (χ0) is 14.3. The number of unbranched alkanes of at least 4 members (excludes halogenated alkanes) is 2. The number of anilines is 1. The first-order valence-corrected chi connectivity index (χ1v) is 8.27. The molecule has 0 unspecified atom stereocenters. The second-order valence-electron chi connectivity index (χ2n) is 4.43. The monoisotopic (exact) mass is 283 g/mol. The number of hydrogen-bond donors (Lipinski definition) is 1. The van der Waals surface area contributed by atoms with Crippen LogP contribution in [-0.2, 0) is 14.6 Å². The third kappa shape index (κ3) is 5.03. The smallest absolute Gasteiger partial charge is 0.224 e. The highest BCUT2D eigenvalue weighted by Gasteiger charge is 2.11. The van der Waals surface area contributed by atoms with Gasteiger partial charge in [-0.05, 0) is 30.7 Å². The molecule has 0 fully saturated rings. The lowest BCUT2D eigenvalue weighted by molar-refractivity contribution is -0.116. The maximum atomic E-state index is 11.6. The summed E-state index contributed by atoms with van der Waals surface area (Å²) in [5.74, 6) is 0.0509. The molecular weight excluding hydrogens is 262 g/mol. The summed E-state index contributed by atoms with van der Waals surface area (Å²) in [6.07, 6.45) is 3.51. The first-order chi connectivity index (χ1) is 8.99. The highest BCUT2D eigenvalue weighted by atomic mass is 32.2. The molecule has 0 aliphatic rings. The lowest BCUT2D eigenvalue weighted by atomic mass is 10.2. The molecule has 0 radical (unpaired) electrons. The second-order valence-corrected chi connectivity index (χ2v) is 6.71. The van der Waals surface area contributed by atoms with E-state index >= 15 is 0 Å². The predicted molar refractivity (Wildman–Crippen MR) is 76.9 cm³/mol.